The summed E-state index contributed by atoms with van der Waals surface area (Å²) in [4.78, 5) is 43.9. The molecule has 2 aromatic rings. The van der Waals surface area contributed by atoms with Crippen molar-refractivity contribution in [3.05, 3.63) is 59.7 Å². The number of nitrogens with zero attached hydrogens (tertiary/aromatic N) is 4. The predicted octanol–water partition coefficient (Wildman–Crippen LogP) is 2.73. The topological polar surface area (TPSA) is 94.7 Å². The molecule has 2 aliphatic rings. The SMILES string of the molecule is COc1ccc(CCN2CC3N(C(=O)CN(C)N3C(=O)NCc3ccccc3)C(CC(C)C)C2=O)cc1OC. The minimum atomic E-state index is -0.625. The van der Waals surface area contributed by atoms with E-state index in [2.05, 4.69) is 5.32 Å². The maximum Gasteiger partial charge on any atom is 0.334 e. The monoisotopic (exact) mass is 537 g/mol. The number of ether oxygens (including phenoxy) is 2. The highest BCUT2D eigenvalue weighted by molar-refractivity contribution is 5.91. The van der Waals surface area contributed by atoms with Gasteiger partial charge < -0.3 is 24.6 Å². The van der Waals surface area contributed by atoms with Crippen LogP contribution in [0.3, 0.4) is 0 Å². The van der Waals surface area contributed by atoms with E-state index in [1.807, 2.05) is 62.4 Å². The molecule has 2 aromatic carbocycles. The number of rotatable bonds is 9. The van der Waals surface area contributed by atoms with Crippen LogP contribution in [0.25, 0.3) is 0 Å². The van der Waals surface area contributed by atoms with Crippen molar-refractivity contribution in [2.75, 3.05) is 40.9 Å². The fourth-order valence-corrected chi connectivity index (χ4v) is 5.34. The van der Waals surface area contributed by atoms with Crippen molar-refractivity contribution >= 4 is 17.8 Å². The van der Waals surface area contributed by atoms with E-state index in [1.54, 1.807) is 41.1 Å². The Morgan fingerprint density at radius 1 is 1.03 bits per heavy atom. The number of nitrogens with one attached hydrogen (secondary N) is 1. The molecule has 2 aliphatic heterocycles. The average Bonchev–Trinajstić information content (AvgIpc) is 2.92. The van der Waals surface area contributed by atoms with Gasteiger partial charge in [-0.15, -0.1) is 0 Å². The molecule has 0 saturated carbocycles. The molecular formula is C29H39N5O5. The summed E-state index contributed by atoms with van der Waals surface area (Å²) in [6.45, 7) is 5.15. The fourth-order valence-electron chi connectivity index (χ4n) is 5.34. The molecular weight excluding hydrogens is 498 g/mol. The van der Waals surface area contributed by atoms with Crippen LogP contribution in [0.15, 0.2) is 48.5 Å². The molecule has 0 spiro atoms. The zero-order valence-electron chi connectivity index (χ0n) is 23.4. The van der Waals surface area contributed by atoms with Crippen molar-refractivity contribution in [3.8, 4) is 11.5 Å². The van der Waals surface area contributed by atoms with Crippen LogP contribution in [0.4, 0.5) is 4.79 Å². The third kappa shape index (κ3) is 6.27. The summed E-state index contributed by atoms with van der Waals surface area (Å²) >= 11 is 0. The smallest absolute Gasteiger partial charge is 0.334 e. The van der Waals surface area contributed by atoms with E-state index in [9.17, 15) is 14.4 Å². The van der Waals surface area contributed by atoms with Crippen molar-refractivity contribution in [1.29, 1.82) is 0 Å². The van der Waals surface area contributed by atoms with Gasteiger partial charge in [0.05, 0.1) is 27.3 Å². The molecule has 2 saturated heterocycles. The summed E-state index contributed by atoms with van der Waals surface area (Å²) in [6.07, 6.45) is 0.521. The molecule has 0 aromatic heterocycles. The van der Waals surface area contributed by atoms with Crippen LogP contribution in [0.5, 0.6) is 11.5 Å². The van der Waals surface area contributed by atoms with Gasteiger partial charge in [0, 0.05) is 20.1 Å². The van der Waals surface area contributed by atoms with Crippen LogP contribution in [0.2, 0.25) is 0 Å². The van der Waals surface area contributed by atoms with Crippen LogP contribution in [0.1, 0.15) is 31.4 Å². The number of likely N-dealkylation sites (N-methyl/N-ethyl adjacent to an activating group) is 1. The zero-order chi connectivity index (χ0) is 28.1. The first kappa shape index (κ1) is 28.2. The number of urea groups is 1. The highest BCUT2D eigenvalue weighted by atomic mass is 16.5. The lowest BCUT2D eigenvalue weighted by Gasteiger charge is -2.54. The lowest BCUT2D eigenvalue weighted by Crippen LogP contribution is -2.76. The number of fused-ring (bicyclic) bond motifs is 1. The Hall–Kier alpha value is -3.79. The third-order valence-corrected chi connectivity index (χ3v) is 7.25. The van der Waals surface area contributed by atoms with Gasteiger partial charge in [-0.25, -0.2) is 14.8 Å². The van der Waals surface area contributed by atoms with Gasteiger partial charge in [0.25, 0.3) is 0 Å². The van der Waals surface area contributed by atoms with E-state index in [0.29, 0.717) is 37.4 Å². The Kier molecular flexibility index (Phi) is 8.96. The molecule has 4 rings (SSSR count). The molecule has 39 heavy (non-hydrogen) atoms. The molecule has 2 fully saturated rings. The number of hydrogen-bond donors (Lipinski definition) is 1. The van der Waals surface area contributed by atoms with Gasteiger partial charge in [-0.3, -0.25) is 9.59 Å². The van der Waals surface area contributed by atoms with Crippen LogP contribution < -0.4 is 14.8 Å². The molecule has 1 N–H and O–H groups in total. The summed E-state index contributed by atoms with van der Waals surface area (Å²) in [5.74, 6) is 1.24. The number of carbonyl (C=O) groups is 3. The quantitative estimate of drug-likeness (QED) is 0.529. The van der Waals surface area contributed by atoms with E-state index >= 15 is 0 Å². The van der Waals surface area contributed by atoms with Crippen molar-refractivity contribution < 1.29 is 23.9 Å². The molecule has 0 bridgehead atoms. The average molecular weight is 538 g/mol. The molecule has 0 aliphatic carbocycles. The Labute approximate surface area is 230 Å². The maximum atomic E-state index is 13.7. The summed E-state index contributed by atoms with van der Waals surface area (Å²) in [6, 6.07) is 14.5. The van der Waals surface area contributed by atoms with Gasteiger partial charge in [0.1, 0.15) is 12.2 Å². The van der Waals surface area contributed by atoms with Crippen molar-refractivity contribution in [2.45, 2.75) is 45.4 Å². The molecule has 4 amide bonds. The van der Waals surface area contributed by atoms with Crippen molar-refractivity contribution in [3.63, 3.8) is 0 Å². The normalized spacial score (nSPS) is 19.8. The molecule has 2 atom stereocenters. The second-order valence-electron chi connectivity index (χ2n) is 10.5. The third-order valence-electron chi connectivity index (χ3n) is 7.25. The van der Waals surface area contributed by atoms with Crippen LogP contribution >= 0.6 is 0 Å². The second kappa shape index (κ2) is 12.4. The van der Waals surface area contributed by atoms with E-state index in [-0.39, 0.29) is 36.9 Å². The Morgan fingerprint density at radius 2 is 1.74 bits per heavy atom. The van der Waals surface area contributed by atoms with Crippen LogP contribution in [-0.2, 0) is 22.6 Å². The number of hydrazine groups is 1. The van der Waals surface area contributed by atoms with Gasteiger partial charge in [0.15, 0.2) is 11.5 Å². The highest BCUT2D eigenvalue weighted by Gasteiger charge is 2.50. The summed E-state index contributed by atoms with van der Waals surface area (Å²) in [7, 11) is 4.92. The Morgan fingerprint density at radius 3 is 2.41 bits per heavy atom. The van der Waals surface area contributed by atoms with Gasteiger partial charge in [-0.05, 0) is 42.0 Å². The van der Waals surface area contributed by atoms with Crippen LogP contribution in [0, 0.1) is 5.92 Å². The number of hydrogen-bond acceptors (Lipinski definition) is 6. The lowest BCUT2D eigenvalue weighted by atomic mass is 9.96. The summed E-state index contributed by atoms with van der Waals surface area (Å²) < 4.78 is 10.8. The second-order valence-corrected chi connectivity index (χ2v) is 10.5. The molecule has 210 valence electrons. The van der Waals surface area contributed by atoms with E-state index < -0.39 is 12.2 Å². The van der Waals surface area contributed by atoms with E-state index in [0.717, 1.165) is 11.1 Å². The summed E-state index contributed by atoms with van der Waals surface area (Å²) in [5, 5.41) is 6.23. The number of methoxy groups -OCH3 is 2. The lowest BCUT2D eigenvalue weighted by molar-refractivity contribution is -0.187. The molecule has 10 heteroatoms. The van der Waals surface area contributed by atoms with Crippen molar-refractivity contribution in [2.24, 2.45) is 5.92 Å². The Bertz CT molecular complexity index is 1170. The number of carbonyl (C=O) groups excluding carboxylic acids is 3. The van der Waals surface area contributed by atoms with E-state index in [4.69, 9.17) is 9.47 Å². The standard InChI is InChI=1S/C29H39N5O5/c1-20(2)15-23-28(36)32(14-13-21-11-12-24(38-4)25(16-21)39-5)18-26-33(23)27(35)19-31(3)34(26)29(37)30-17-22-9-7-6-8-10-22/h6-12,16,20,23,26H,13-15,17-19H2,1-5H3,(H,30,37). The van der Waals surface area contributed by atoms with Gasteiger partial charge >= 0.3 is 6.03 Å². The maximum absolute atomic E-state index is 13.7. The number of piperazine rings is 1. The fraction of sp³-hybridized carbons (Fsp3) is 0.483. The molecule has 10 nitrogen and oxygen atoms in total. The Balaban J connectivity index is 1.56. The number of amides is 4. The number of benzene rings is 2. The first-order valence-electron chi connectivity index (χ1n) is 13.4. The first-order valence-corrected chi connectivity index (χ1v) is 13.4. The zero-order valence-corrected chi connectivity index (χ0v) is 23.4. The van der Waals surface area contributed by atoms with Crippen LogP contribution in [-0.4, -0.2) is 90.8 Å². The van der Waals surface area contributed by atoms with Crippen molar-refractivity contribution in [1.82, 2.24) is 25.1 Å². The van der Waals surface area contributed by atoms with E-state index in [1.165, 1.54) is 0 Å². The predicted molar refractivity (Wildman–Crippen MR) is 147 cm³/mol. The van der Waals surface area contributed by atoms with Gasteiger partial charge in [-0.2, -0.15) is 0 Å². The minimum absolute atomic E-state index is 0.0305. The molecule has 0 radical (unpaired) electrons. The molecule has 2 heterocycles. The first-order chi connectivity index (χ1) is 18.7. The van der Waals surface area contributed by atoms with Gasteiger partial charge in [-0.1, -0.05) is 50.2 Å². The highest BCUT2D eigenvalue weighted by Crippen LogP contribution is 2.30. The summed E-state index contributed by atoms with van der Waals surface area (Å²) in [5.41, 5.74) is 1.98. The minimum Gasteiger partial charge on any atom is -0.493 e. The largest absolute Gasteiger partial charge is 0.493 e. The van der Waals surface area contributed by atoms with Gasteiger partial charge in [0.2, 0.25) is 11.8 Å². The molecule has 2 unspecified atom stereocenters.